The van der Waals surface area contributed by atoms with Crippen molar-refractivity contribution in [1.82, 2.24) is 9.88 Å². The molecular formula is C17H22N2O2. The van der Waals surface area contributed by atoms with Crippen molar-refractivity contribution in [3.63, 3.8) is 0 Å². The highest BCUT2D eigenvalue weighted by atomic mass is 16.3. The number of aliphatic hydroxyl groups excluding tert-OH is 1. The zero-order chi connectivity index (χ0) is 14.8. The molecule has 0 aliphatic heterocycles. The predicted octanol–water partition coefficient (Wildman–Crippen LogP) is 2.60. The van der Waals surface area contributed by atoms with Gasteiger partial charge < -0.3 is 15.0 Å². The number of aliphatic hydroxyl groups is 1. The summed E-state index contributed by atoms with van der Waals surface area (Å²) in [6, 6.07) is 7.76. The molecule has 1 heterocycles. The van der Waals surface area contributed by atoms with Crippen molar-refractivity contribution in [3.8, 4) is 0 Å². The van der Waals surface area contributed by atoms with Crippen molar-refractivity contribution in [1.29, 1.82) is 0 Å². The van der Waals surface area contributed by atoms with Crippen molar-refractivity contribution < 1.29 is 9.90 Å². The zero-order valence-corrected chi connectivity index (χ0v) is 12.4. The summed E-state index contributed by atoms with van der Waals surface area (Å²) in [6.45, 7) is 0. The van der Waals surface area contributed by atoms with Crippen LogP contribution in [0, 0.1) is 0 Å². The summed E-state index contributed by atoms with van der Waals surface area (Å²) in [7, 11) is 1.94. The Hall–Kier alpha value is -1.81. The SMILES string of the molecule is Cn1cc(C(=O)NC2CCCCCC2O)c2ccccc21. The molecule has 0 radical (unpaired) electrons. The molecule has 0 bridgehead atoms. The van der Waals surface area contributed by atoms with Gasteiger partial charge in [0.2, 0.25) is 0 Å². The Morgan fingerprint density at radius 1 is 1.24 bits per heavy atom. The number of benzene rings is 1. The van der Waals surface area contributed by atoms with E-state index in [1.165, 1.54) is 0 Å². The molecule has 1 aromatic heterocycles. The molecule has 4 heteroatoms. The fraction of sp³-hybridized carbons (Fsp3) is 0.471. The summed E-state index contributed by atoms with van der Waals surface area (Å²) in [5.41, 5.74) is 1.73. The number of hydrogen-bond donors (Lipinski definition) is 2. The van der Waals surface area contributed by atoms with Crippen molar-refractivity contribution in [2.45, 2.75) is 44.2 Å². The third-order valence-corrected chi connectivity index (χ3v) is 4.44. The van der Waals surface area contributed by atoms with Crippen molar-refractivity contribution >= 4 is 16.8 Å². The lowest BCUT2D eigenvalue weighted by molar-refractivity contribution is 0.0820. The average Bonchev–Trinajstić information content (AvgIpc) is 2.69. The molecule has 1 amide bonds. The van der Waals surface area contributed by atoms with Gasteiger partial charge in [-0.1, -0.05) is 37.5 Å². The molecule has 1 saturated carbocycles. The maximum atomic E-state index is 12.6. The summed E-state index contributed by atoms with van der Waals surface area (Å²) in [6.07, 6.45) is 6.32. The van der Waals surface area contributed by atoms with Crippen LogP contribution in [0.5, 0.6) is 0 Å². The van der Waals surface area contributed by atoms with Gasteiger partial charge >= 0.3 is 0 Å². The molecule has 4 nitrogen and oxygen atoms in total. The molecule has 2 atom stereocenters. The number of aryl methyl sites for hydroxylation is 1. The highest BCUT2D eigenvalue weighted by molar-refractivity contribution is 6.07. The zero-order valence-electron chi connectivity index (χ0n) is 12.4. The van der Waals surface area contributed by atoms with Gasteiger partial charge in [-0.05, 0) is 18.9 Å². The number of hydrogen-bond acceptors (Lipinski definition) is 2. The minimum atomic E-state index is -0.425. The Bertz CT molecular complexity index is 647. The van der Waals surface area contributed by atoms with E-state index in [0.717, 1.165) is 43.0 Å². The molecule has 0 saturated heterocycles. The second kappa shape index (κ2) is 5.90. The second-order valence-corrected chi connectivity index (χ2v) is 5.96. The van der Waals surface area contributed by atoms with Crippen LogP contribution in [0.1, 0.15) is 42.5 Å². The summed E-state index contributed by atoms with van der Waals surface area (Å²) >= 11 is 0. The van der Waals surface area contributed by atoms with Crippen molar-refractivity contribution in [2.75, 3.05) is 0 Å². The van der Waals surface area contributed by atoms with E-state index >= 15 is 0 Å². The largest absolute Gasteiger partial charge is 0.391 e. The second-order valence-electron chi connectivity index (χ2n) is 5.96. The minimum Gasteiger partial charge on any atom is -0.391 e. The van der Waals surface area contributed by atoms with Gasteiger partial charge in [-0.15, -0.1) is 0 Å². The maximum absolute atomic E-state index is 12.6. The van der Waals surface area contributed by atoms with E-state index in [-0.39, 0.29) is 11.9 Å². The molecule has 1 fully saturated rings. The lowest BCUT2D eigenvalue weighted by Crippen LogP contribution is -2.42. The van der Waals surface area contributed by atoms with Crippen molar-refractivity contribution in [2.24, 2.45) is 7.05 Å². The van der Waals surface area contributed by atoms with E-state index in [4.69, 9.17) is 0 Å². The number of aromatic nitrogens is 1. The molecule has 3 rings (SSSR count). The van der Waals surface area contributed by atoms with Gasteiger partial charge in [-0.2, -0.15) is 0 Å². The topological polar surface area (TPSA) is 54.3 Å². The van der Waals surface area contributed by atoms with Crippen LogP contribution >= 0.6 is 0 Å². The fourth-order valence-corrected chi connectivity index (χ4v) is 3.23. The summed E-state index contributed by atoms with van der Waals surface area (Å²) < 4.78 is 1.97. The van der Waals surface area contributed by atoms with Gasteiger partial charge in [0.05, 0.1) is 17.7 Å². The number of para-hydroxylation sites is 1. The van der Waals surface area contributed by atoms with Crippen LogP contribution in [0.2, 0.25) is 0 Å². The molecule has 21 heavy (non-hydrogen) atoms. The number of nitrogens with one attached hydrogen (secondary N) is 1. The predicted molar refractivity (Wildman–Crippen MR) is 83.3 cm³/mol. The van der Waals surface area contributed by atoms with Crippen LogP contribution in [-0.4, -0.2) is 27.7 Å². The molecular weight excluding hydrogens is 264 g/mol. The van der Waals surface area contributed by atoms with E-state index in [9.17, 15) is 9.90 Å². The standard InChI is InChI=1S/C17H22N2O2/c1-19-11-13(12-7-5-6-9-15(12)19)17(21)18-14-8-3-2-4-10-16(14)20/h5-7,9,11,14,16,20H,2-4,8,10H2,1H3,(H,18,21). The van der Waals surface area contributed by atoms with E-state index in [1.807, 2.05) is 42.1 Å². The molecule has 112 valence electrons. The maximum Gasteiger partial charge on any atom is 0.253 e. The van der Waals surface area contributed by atoms with Gasteiger partial charge in [0.1, 0.15) is 0 Å². The monoisotopic (exact) mass is 286 g/mol. The Morgan fingerprint density at radius 3 is 2.86 bits per heavy atom. The molecule has 2 unspecified atom stereocenters. The number of amides is 1. The highest BCUT2D eigenvalue weighted by Crippen LogP contribution is 2.22. The van der Waals surface area contributed by atoms with Crippen LogP contribution in [0.4, 0.5) is 0 Å². The molecule has 1 aliphatic rings. The first-order chi connectivity index (χ1) is 10.2. The highest BCUT2D eigenvalue weighted by Gasteiger charge is 2.24. The summed E-state index contributed by atoms with van der Waals surface area (Å²) in [5.74, 6) is -0.0854. The molecule has 2 N–H and O–H groups in total. The molecule has 1 aliphatic carbocycles. The first-order valence-corrected chi connectivity index (χ1v) is 7.70. The van der Waals surface area contributed by atoms with Gasteiger partial charge in [0, 0.05) is 24.1 Å². The Morgan fingerprint density at radius 2 is 2.00 bits per heavy atom. The van der Waals surface area contributed by atoms with E-state index in [2.05, 4.69) is 5.32 Å². The first-order valence-electron chi connectivity index (χ1n) is 7.70. The lowest BCUT2D eigenvalue weighted by Gasteiger charge is -2.21. The number of rotatable bonds is 2. The molecule has 2 aromatic rings. The fourth-order valence-electron chi connectivity index (χ4n) is 3.23. The van der Waals surface area contributed by atoms with E-state index in [0.29, 0.717) is 5.56 Å². The van der Waals surface area contributed by atoms with Gasteiger partial charge in [0.15, 0.2) is 0 Å². The van der Waals surface area contributed by atoms with Crippen molar-refractivity contribution in [3.05, 3.63) is 36.0 Å². The lowest BCUT2D eigenvalue weighted by atomic mass is 10.1. The summed E-state index contributed by atoms with van der Waals surface area (Å²) in [5, 5.41) is 14.1. The number of carbonyl (C=O) groups is 1. The minimum absolute atomic E-state index is 0.0854. The normalized spacial score (nSPS) is 23.0. The van der Waals surface area contributed by atoms with Crippen LogP contribution in [0.25, 0.3) is 10.9 Å². The van der Waals surface area contributed by atoms with Gasteiger partial charge in [-0.25, -0.2) is 0 Å². The number of carbonyl (C=O) groups excluding carboxylic acids is 1. The van der Waals surface area contributed by atoms with Crippen LogP contribution in [0.15, 0.2) is 30.5 Å². The molecule has 0 spiro atoms. The van der Waals surface area contributed by atoms with E-state index in [1.54, 1.807) is 0 Å². The third kappa shape index (κ3) is 2.81. The van der Waals surface area contributed by atoms with Crippen LogP contribution in [-0.2, 0) is 7.05 Å². The van der Waals surface area contributed by atoms with E-state index < -0.39 is 6.10 Å². The quantitative estimate of drug-likeness (QED) is 0.834. The Kier molecular flexibility index (Phi) is 3.97. The first kappa shape index (κ1) is 14.1. The van der Waals surface area contributed by atoms with Gasteiger partial charge in [-0.3, -0.25) is 4.79 Å². The number of nitrogens with zero attached hydrogens (tertiary/aromatic N) is 1. The van der Waals surface area contributed by atoms with Crippen LogP contribution in [0.3, 0.4) is 0 Å². The Balaban J connectivity index is 1.83. The van der Waals surface area contributed by atoms with Gasteiger partial charge in [0.25, 0.3) is 5.91 Å². The average molecular weight is 286 g/mol. The molecule has 1 aromatic carbocycles. The van der Waals surface area contributed by atoms with Crippen LogP contribution < -0.4 is 5.32 Å². The Labute approximate surface area is 124 Å². The number of fused-ring (bicyclic) bond motifs is 1. The third-order valence-electron chi connectivity index (χ3n) is 4.44. The summed E-state index contributed by atoms with van der Waals surface area (Å²) in [4.78, 5) is 12.6. The smallest absolute Gasteiger partial charge is 0.253 e.